The molecule has 1 rings (SSSR count). The second kappa shape index (κ2) is 9.04. The van der Waals surface area contributed by atoms with Crippen LogP contribution in [0, 0.1) is 0 Å². The summed E-state index contributed by atoms with van der Waals surface area (Å²) < 4.78 is 9.56. The molecule has 0 aliphatic carbocycles. The number of ether oxygens (including phenoxy) is 2. The molecule has 0 aromatic carbocycles. The highest BCUT2D eigenvalue weighted by Crippen LogP contribution is 2.04. The van der Waals surface area contributed by atoms with E-state index in [0.717, 1.165) is 5.96 Å². The van der Waals surface area contributed by atoms with Crippen molar-refractivity contribution in [2.75, 3.05) is 53.5 Å². The largest absolute Gasteiger partial charge is 0.469 e. The fourth-order valence-electron chi connectivity index (χ4n) is 2.03. The van der Waals surface area contributed by atoms with E-state index in [-0.39, 0.29) is 18.5 Å². The van der Waals surface area contributed by atoms with Gasteiger partial charge in [-0.3, -0.25) is 9.79 Å². The molecule has 0 unspecified atom stereocenters. The molecule has 0 spiro atoms. The lowest BCUT2D eigenvalue weighted by molar-refractivity contribution is -0.140. The number of methoxy groups -OCH3 is 1. The molecule has 1 fully saturated rings. The first-order chi connectivity index (χ1) is 10.1. The summed E-state index contributed by atoms with van der Waals surface area (Å²) in [6.45, 7) is 5.19. The number of nitrogens with zero attached hydrogens (tertiary/aromatic N) is 3. The monoisotopic (exact) mass is 300 g/mol. The van der Waals surface area contributed by atoms with Gasteiger partial charge in [0.15, 0.2) is 5.96 Å². The van der Waals surface area contributed by atoms with Crippen molar-refractivity contribution in [3.05, 3.63) is 0 Å². The maximum atomic E-state index is 11.6. The number of hydrogen-bond acceptors (Lipinski definition) is 5. The van der Waals surface area contributed by atoms with Crippen LogP contribution >= 0.6 is 0 Å². The molecular weight excluding hydrogens is 276 g/mol. The van der Waals surface area contributed by atoms with Gasteiger partial charge >= 0.3 is 12.1 Å². The van der Waals surface area contributed by atoms with E-state index < -0.39 is 0 Å². The van der Waals surface area contributed by atoms with E-state index in [0.29, 0.717) is 39.3 Å². The molecule has 120 valence electrons. The van der Waals surface area contributed by atoms with Gasteiger partial charge in [-0.05, 0) is 6.92 Å². The van der Waals surface area contributed by atoms with Crippen molar-refractivity contribution < 1.29 is 19.1 Å². The standard InChI is InChI=1S/C13H24N4O4/c1-4-21-13(19)17-9-7-16(8-10-17)12(14-2)15-6-5-11(18)20-3/h4-10H2,1-3H3,(H,14,15). The summed E-state index contributed by atoms with van der Waals surface area (Å²) in [4.78, 5) is 30.6. The first kappa shape index (κ1) is 17.1. The summed E-state index contributed by atoms with van der Waals surface area (Å²) >= 11 is 0. The van der Waals surface area contributed by atoms with Crippen LogP contribution in [0.4, 0.5) is 4.79 Å². The second-order valence-electron chi connectivity index (χ2n) is 4.47. The number of rotatable bonds is 4. The number of nitrogens with one attached hydrogen (secondary N) is 1. The van der Waals surface area contributed by atoms with Gasteiger partial charge in [0.1, 0.15) is 0 Å². The van der Waals surface area contributed by atoms with Gasteiger partial charge in [0.2, 0.25) is 0 Å². The minimum atomic E-state index is -0.272. The molecular formula is C13H24N4O4. The number of amides is 1. The fraction of sp³-hybridized carbons (Fsp3) is 0.769. The Hall–Kier alpha value is -1.99. The molecule has 21 heavy (non-hydrogen) atoms. The topological polar surface area (TPSA) is 83.5 Å². The molecule has 1 heterocycles. The Labute approximate surface area is 125 Å². The molecule has 1 aliphatic rings. The third kappa shape index (κ3) is 5.49. The van der Waals surface area contributed by atoms with Crippen molar-refractivity contribution in [1.29, 1.82) is 0 Å². The van der Waals surface area contributed by atoms with Gasteiger partial charge in [-0.25, -0.2) is 4.79 Å². The minimum Gasteiger partial charge on any atom is -0.469 e. The lowest BCUT2D eigenvalue weighted by atomic mass is 10.3. The Balaban J connectivity index is 2.37. The Morgan fingerprint density at radius 2 is 1.81 bits per heavy atom. The summed E-state index contributed by atoms with van der Waals surface area (Å²) in [6, 6.07) is 0. The Bertz CT molecular complexity index is 378. The summed E-state index contributed by atoms with van der Waals surface area (Å²) in [6.07, 6.45) is 0.0176. The summed E-state index contributed by atoms with van der Waals surface area (Å²) in [5, 5.41) is 3.11. The Morgan fingerprint density at radius 3 is 2.33 bits per heavy atom. The third-order valence-electron chi connectivity index (χ3n) is 3.16. The normalized spacial score (nSPS) is 15.7. The summed E-state index contributed by atoms with van der Waals surface area (Å²) in [5.41, 5.74) is 0. The van der Waals surface area contributed by atoms with E-state index in [1.54, 1.807) is 18.9 Å². The van der Waals surface area contributed by atoms with Gasteiger partial charge < -0.3 is 24.6 Å². The van der Waals surface area contributed by atoms with E-state index in [1.807, 2.05) is 4.90 Å². The molecule has 1 saturated heterocycles. The van der Waals surface area contributed by atoms with Crippen molar-refractivity contribution >= 4 is 18.0 Å². The van der Waals surface area contributed by atoms with Crippen LogP contribution < -0.4 is 5.32 Å². The van der Waals surface area contributed by atoms with Crippen molar-refractivity contribution in [1.82, 2.24) is 15.1 Å². The van der Waals surface area contributed by atoms with Crippen molar-refractivity contribution in [2.45, 2.75) is 13.3 Å². The van der Waals surface area contributed by atoms with Crippen LogP contribution in [-0.4, -0.2) is 81.3 Å². The molecule has 0 aromatic rings. The molecule has 0 saturated carbocycles. The van der Waals surface area contributed by atoms with E-state index in [9.17, 15) is 9.59 Å². The zero-order chi connectivity index (χ0) is 15.7. The number of aliphatic imine (C=N–C) groups is 1. The average Bonchev–Trinajstić information content (AvgIpc) is 2.51. The van der Waals surface area contributed by atoms with Gasteiger partial charge in [-0.15, -0.1) is 0 Å². The highest BCUT2D eigenvalue weighted by atomic mass is 16.6. The smallest absolute Gasteiger partial charge is 0.409 e. The Kier molecular flexibility index (Phi) is 7.34. The van der Waals surface area contributed by atoms with Crippen molar-refractivity contribution in [3.8, 4) is 0 Å². The number of guanidine groups is 1. The molecule has 0 radical (unpaired) electrons. The van der Waals surface area contributed by atoms with Crippen LogP contribution in [0.2, 0.25) is 0 Å². The number of carbonyl (C=O) groups is 2. The highest BCUT2D eigenvalue weighted by Gasteiger charge is 2.23. The van der Waals surface area contributed by atoms with Crippen LogP contribution in [0.3, 0.4) is 0 Å². The zero-order valence-corrected chi connectivity index (χ0v) is 12.9. The number of hydrogen-bond donors (Lipinski definition) is 1. The molecule has 1 amide bonds. The zero-order valence-electron chi connectivity index (χ0n) is 12.9. The Morgan fingerprint density at radius 1 is 1.19 bits per heavy atom. The van der Waals surface area contributed by atoms with Crippen LogP contribution in [0.15, 0.2) is 4.99 Å². The molecule has 8 heteroatoms. The van der Waals surface area contributed by atoms with Crippen LogP contribution in [0.25, 0.3) is 0 Å². The maximum Gasteiger partial charge on any atom is 0.409 e. The quantitative estimate of drug-likeness (QED) is 0.443. The average molecular weight is 300 g/mol. The number of esters is 1. The summed E-state index contributed by atoms with van der Waals surface area (Å²) in [7, 11) is 3.06. The van der Waals surface area contributed by atoms with E-state index >= 15 is 0 Å². The molecule has 8 nitrogen and oxygen atoms in total. The van der Waals surface area contributed by atoms with Crippen LogP contribution in [0.1, 0.15) is 13.3 Å². The maximum absolute atomic E-state index is 11.6. The van der Waals surface area contributed by atoms with E-state index in [2.05, 4.69) is 15.0 Å². The molecule has 0 atom stereocenters. The lowest BCUT2D eigenvalue weighted by Crippen LogP contribution is -2.54. The summed E-state index contributed by atoms with van der Waals surface area (Å²) in [5.74, 6) is 0.465. The molecule has 1 N–H and O–H groups in total. The fourth-order valence-corrected chi connectivity index (χ4v) is 2.03. The van der Waals surface area contributed by atoms with E-state index in [1.165, 1.54) is 7.11 Å². The first-order valence-electron chi connectivity index (χ1n) is 7.06. The predicted molar refractivity (Wildman–Crippen MR) is 78.2 cm³/mol. The number of carbonyl (C=O) groups excluding carboxylic acids is 2. The molecule has 1 aliphatic heterocycles. The first-order valence-corrected chi connectivity index (χ1v) is 7.06. The van der Waals surface area contributed by atoms with E-state index in [4.69, 9.17) is 4.74 Å². The van der Waals surface area contributed by atoms with Crippen LogP contribution in [-0.2, 0) is 14.3 Å². The molecule has 0 aromatic heterocycles. The van der Waals surface area contributed by atoms with Gasteiger partial charge in [-0.2, -0.15) is 0 Å². The number of piperazine rings is 1. The third-order valence-corrected chi connectivity index (χ3v) is 3.16. The minimum absolute atomic E-state index is 0.259. The van der Waals surface area contributed by atoms with Crippen LogP contribution in [0.5, 0.6) is 0 Å². The second-order valence-corrected chi connectivity index (χ2v) is 4.47. The van der Waals surface area contributed by atoms with Gasteiger partial charge in [0, 0.05) is 39.8 Å². The van der Waals surface area contributed by atoms with Gasteiger partial charge in [0.25, 0.3) is 0 Å². The van der Waals surface area contributed by atoms with Gasteiger partial charge in [0.05, 0.1) is 20.1 Å². The highest BCUT2D eigenvalue weighted by molar-refractivity contribution is 5.81. The van der Waals surface area contributed by atoms with Gasteiger partial charge in [-0.1, -0.05) is 0 Å². The van der Waals surface area contributed by atoms with Crippen molar-refractivity contribution in [2.24, 2.45) is 4.99 Å². The molecule has 0 bridgehead atoms. The lowest BCUT2D eigenvalue weighted by Gasteiger charge is -2.35. The predicted octanol–water partition coefficient (Wildman–Crippen LogP) is -0.101. The SMILES string of the molecule is CCOC(=O)N1CCN(C(=NC)NCCC(=O)OC)CC1. The van der Waals surface area contributed by atoms with Crippen molar-refractivity contribution in [3.63, 3.8) is 0 Å².